The summed E-state index contributed by atoms with van der Waals surface area (Å²) < 4.78 is 18.1. The Bertz CT molecular complexity index is 377. The van der Waals surface area contributed by atoms with Gasteiger partial charge in [0.15, 0.2) is 11.9 Å². The molecule has 0 saturated carbocycles. The Morgan fingerprint density at radius 3 is 2.22 bits per heavy atom. The zero-order valence-electron chi connectivity index (χ0n) is 9.60. The maximum absolute atomic E-state index is 10.7. The zero-order valence-corrected chi connectivity index (χ0v) is 14.5. The molecule has 2 atom stereocenters. The Labute approximate surface area is 146 Å². The van der Waals surface area contributed by atoms with Gasteiger partial charge in [-0.1, -0.05) is 0 Å². The van der Waals surface area contributed by atoms with Crippen LogP contribution in [0.4, 0.5) is 0 Å². The van der Waals surface area contributed by atoms with Gasteiger partial charge in [-0.25, -0.2) is 4.79 Å². The number of carbonyl (C=O) groups is 1. The van der Waals surface area contributed by atoms with Crippen molar-refractivity contribution in [3.63, 3.8) is 0 Å². The quantitative estimate of drug-likeness (QED) is 0.260. The van der Waals surface area contributed by atoms with E-state index in [0.717, 1.165) is 0 Å². The summed E-state index contributed by atoms with van der Waals surface area (Å²) in [5, 5.41) is 27.1. The zero-order chi connectivity index (χ0) is 12.5. The van der Waals surface area contributed by atoms with Crippen molar-refractivity contribution in [2.75, 3.05) is 6.61 Å². The number of esters is 1. The summed E-state index contributed by atoms with van der Waals surface area (Å²) in [6.07, 6.45) is -3.44. The predicted octanol–water partition coefficient (Wildman–Crippen LogP) is -8.55. The summed E-state index contributed by atoms with van der Waals surface area (Å²) in [4.78, 5) is 30.8. The molecule has 3 N–H and O–H groups in total. The van der Waals surface area contributed by atoms with Gasteiger partial charge in [0.1, 0.15) is 6.10 Å². The summed E-state index contributed by atoms with van der Waals surface area (Å²) in [6.45, 7) is -1.00. The van der Waals surface area contributed by atoms with Crippen molar-refractivity contribution < 1.29 is 103 Å². The van der Waals surface area contributed by atoms with E-state index in [1.54, 1.807) is 0 Å². The number of hydrogen-bond acceptors (Lipinski definition) is 9. The SMILES string of the molecule is O=C1OC(C(O)COP(=O)([O-])[O-])C(O)=C1O.[Na+].[Na+]. The fraction of sp³-hybridized carbons (Fsp3) is 0.500. The number of carbonyl (C=O) groups excluding carboxylic acids is 1. The minimum absolute atomic E-state index is 0. The second-order valence-corrected chi connectivity index (χ2v) is 4.02. The molecule has 1 aliphatic rings. The van der Waals surface area contributed by atoms with Crippen molar-refractivity contribution in [2.24, 2.45) is 0 Å². The normalized spacial score (nSPS) is 20.8. The van der Waals surface area contributed by atoms with Crippen molar-refractivity contribution in [2.45, 2.75) is 12.2 Å². The molecule has 1 aliphatic heterocycles. The summed E-state index contributed by atoms with van der Waals surface area (Å²) in [5.41, 5.74) is 0. The van der Waals surface area contributed by atoms with E-state index in [1.807, 2.05) is 0 Å². The van der Waals surface area contributed by atoms with Crippen molar-refractivity contribution in [1.29, 1.82) is 0 Å². The van der Waals surface area contributed by atoms with E-state index >= 15 is 0 Å². The molecular formula is C6H7Na2O9P. The van der Waals surface area contributed by atoms with Crippen LogP contribution < -0.4 is 68.9 Å². The van der Waals surface area contributed by atoms with E-state index < -0.39 is 44.1 Å². The van der Waals surface area contributed by atoms with E-state index in [-0.39, 0.29) is 59.1 Å². The first-order valence-corrected chi connectivity index (χ1v) is 5.36. The van der Waals surface area contributed by atoms with E-state index in [2.05, 4.69) is 9.26 Å². The summed E-state index contributed by atoms with van der Waals surface area (Å²) in [5.74, 6) is -3.31. The molecule has 0 fully saturated rings. The van der Waals surface area contributed by atoms with Crippen LogP contribution in [0, 0.1) is 0 Å². The largest absolute Gasteiger partial charge is 1.00 e. The molecule has 18 heavy (non-hydrogen) atoms. The van der Waals surface area contributed by atoms with Crippen LogP contribution in [0.3, 0.4) is 0 Å². The van der Waals surface area contributed by atoms with Gasteiger partial charge in [0.05, 0.1) is 14.4 Å². The molecule has 0 aromatic heterocycles. The second-order valence-electron chi connectivity index (χ2n) is 2.87. The monoisotopic (exact) mass is 300 g/mol. The van der Waals surface area contributed by atoms with Crippen LogP contribution in [0.25, 0.3) is 0 Å². The number of aliphatic hydroxyl groups is 3. The van der Waals surface area contributed by atoms with E-state index in [0.29, 0.717) is 0 Å². The molecule has 0 radical (unpaired) electrons. The van der Waals surface area contributed by atoms with Crippen LogP contribution in [-0.4, -0.2) is 40.1 Å². The minimum Gasteiger partial charge on any atom is -0.790 e. The number of cyclic esters (lactones) is 1. The number of phosphoric ester groups is 1. The first-order valence-electron chi connectivity index (χ1n) is 3.90. The van der Waals surface area contributed by atoms with Gasteiger partial charge in [-0.3, -0.25) is 0 Å². The standard InChI is InChI=1S/C6H9O9P.2Na/c7-2(1-14-16(11,12)13)5-3(8)4(9)6(10)15-5;;/h2,5,7-9H,1H2,(H2,11,12,13);;/q;2*+1/p-2. The van der Waals surface area contributed by atoms with Gasteiger partial charge >= 0.3 is 65.1 Å². The van der Waals surface area contributed by atoms with E-state index in [4.69, 9.17) is 10.2 Å². The molecule has 0 aromatic rings. The Morgan fingerprint density at radius 1 is 1.39 bits per heavy atom. The third-order valence-corrected chi connectivity index (χ3v) is 2.16. The minimum atomic E-state index is -5.27. The number of ether oxygens (including phenoxy) is 1. The third-order valence-electron chi connectivity index (χ3n) is 1.69. The number of hydrogen-bond donors (Lipinski definition) is 3. The number of aliphatic hydroxyl groups excluding tert-OH is 3. The smallest absolute Gasteiger partial charge is 0.790 e. The van der Waals surface area contributed by atoms with E-state index in [1.165, 1.54) is 0 Å². The Morgan fingerprint density at radius 2 is 1.89 bits per heavy atom. The molecule has 0 spiro atoms. The maximum atomic E-state index is 10.7. The van der Waals surface area contributed by atoms with Crippen LogP contribution in [0.2, 0.25) is 0 Å². The summed E-state index contributed by atoms with van der Waals surface area (Å²) in [6, 6.07) is 0. The molecule has 0 amide bonds. The molecule has 12 heteroatoms. The van der Waals surface area contributed by atoms with Gasteiger partial charge in [-0.05, 0) is 0 Å². The molecule has 0 bridgehead atoms. The molecule has 0 aromatic carbocycles. The number of rotatable bonds is 4. The summed E-state index contributed by atoms with van der Waals surface area (Å²) >= 11 is 0. The summed E-state index contributed by atoms with van der Waals surface area (Å²) in [7, 11) is -5.27. The van der Waals surface area contributed by atoms with Crippen molar-refractivity contribution in [1.82, 2.24) is 0 Å². The topological polar surface area (TPSA) is 159 Å². The van der Waals surface area contributed by atoms with Gasteiger partial charge in [-0.2, -0.15) is 0 Å². The van der Waals surface area contributed by atoms with Gasteiger partial charge in [0.25, 0.3) is 0 Å². The molecule has 9 nitrogen and oxygen atoms in total. The van der Waals surface area contributed by atoms with Crippen LogP contribution in [0.5, 0.6) is 0 Å². The molecule has 2 unspecified atom stereocenters. The fourth-order valence-corrected chi connectivity index (χ4v) is 1.32. The Kier molecular flexibility index (Phi) is 9.69. The van der Waals surface area contributed by atoms with Crippen LogP contribution >= 0.6 is 7.82 Å². The van der Waals surface area contributed by atoms with Crippen molar-refractivity contribution >= 4 is 13.8 Å². The second kappa shape index (κ2) is 8.23. The Hall–Kier alpha value is 0.880. The average molecular weight is 300 g/mol. The van der Waals surface area contributed by atoms with E-state index in [9.17, 15) is 24.3 Å². The molecule has 0 saturated heterocycles. The van der Waals surface area contributed by atoms with Crippen molar-refractivity contribution in [3.05, 3.63) is 11.5 Å². The van der Waals surface area contributed by atoms with Crippen LogP contribution in [-0.2, 0) is 18.6 Å². The first kappa shape index (κ1) is 21.2. The molecule has 0 aliphatic carbocycles. The van der Waals surface area contributed by atoms with Gasteiger partial charge in [0, 0.05) is 0 Å². The van der Waals surface area contributed by atoms with Crippen LogP contribution in [0.1, 0.15) is 0 Å². The molecule has 92 valence electrons. The fourth-order valence-electron chi connectivity index (χ4n) is 0.982. The van der Waals surface area contributed by atoms with Crippen molar-refractivity contribution in [3.8, 4) is 0 Å². The van der Waals surface area contributed by atoms with Gasteiger partial charge < -0.3 is 38.9 Å². The first-order chi connectivity index (χ1) is 7.22. The maximum Gasteiger partial charge on any atom is 1.00 e. The number of phosphoric acid groups is 1. The molecule has 1 rings (SSSR count). The van der Waals surface area contributed by atoms with Gasteiger partial charge in [0.2, 0.25) is 5.76 Å². The predicted molar refractivity (Wildman–Crippen MR) is 41.7 cm³/mol. The van der Waals surface area contributed by atoms with Gasteiger partial charge in [-0.15, -0.1) is 0 Å². The average Bonchev–Trinajstić information content (AvgIpc) is 2.41. The molecule has 1 heterocycles. The van der Waals surface area contributed by atoms with Crippen LogP contribution in [0.15, 0.2) is 11.5 Å². The third kappa shape index (κ3) is 5.89. The Balaban J connectivity index is 0. The molecular weight excluding hydrogens is 293 g/mol.